The fourth-order valence-corrected chi connectivity index (χ4v) is 2.68. The number of ketones is 1. The summed E-state index contributed by atoms with van der Waals surface area (Å²) in [5.41, 5.74) is 0.946. The normalized spacial score (nSPS) is 10.5. The summed E-state index contributed by atoms with van der Waals surface area (Å²) in [4.78, 5) is 12.9. The van der Waals surface area contributed by atoms with Gasteiger partial charge in [0.25, 0.3) is 0 Å². The summed E-state index contributed by atoms with van der Waals surface area (Å²) in [6.07, 6.45) is 3.04. The molecule has 0 bridgehead atoms. The third kappa shape index (κ3) is 4.31. The highest BCUT2D eigenvalue weighted by Crippen LogP contribution is 2.37. The third-order valence-corrected chi connectivity index (χ3v) is 4.11. The average Bonchev–Trinajstić information content (AvgIpc) is 2.75. The lowest BCUT2D eigenvalue weighted by atomic mass is 10.1. The van der Waals surface area contributed by atoms with E-state index in [-0.39, 0.29) is 5.78 Å². The van der Waals surface area contributed by atoms with Gasteiger partial charge in [-0.25, -0.2) is 0 Å². The summed E-state index contributed by atoms with van der Waals surface area (Å²) in [5, 5.41) is 0. The fraction of sp³-hybridized carbons (Fsp3) is 0.286. The molecule has 0 amide bonds. The van der Waals surface area contributed by atoms with Gasteiger partial charge < -0.3 is 28.4 Å². The van der Waals surface area contributed by atoms with Crippen LogP contribution in [-0.2, 0) is 0 Å². The first-order chi connectivity index (χ1) is 13.5. The van der Waals surface area contributed by atoms with Crippen molar-refractivity contribution in [2.75, 3.05) is 42.7 Å². The topological polar surface area (TPSA) is 72.5 Å². The smallest absolute Gasteiger partial charge is 0.193 e. The lowest BCUT2D eigenvalue weighted by molar-refractivity contribution is 0.104. The van der Waals surface area contributed by atoms with Gasteiger partial charge in [0.1, 0.15) is 28.6 Å². The quantitative estimate of drug-likeness (QED) is 0.480. The van der Waals surface area contributed by atoms with E-state index in [0.29, 0.717) is 45.6 Å². The lowest BCUT2D eigenvalue weighted by Crippen LogP contribution is -2.03. The second-order valence-corrected chi connectivity index (χ2v) is 5.55. The molecule has 0 heterocycles. The minimum atomic E-state index is -0.298. The Labute approximate surface area is 164 Å². The van der Waals surface area contributed by atoms with Gasteiger partial charge in [-0.05, 0) is 18.2 Å². The first-order valence-electron chi connectivity index (χ1n) is 8.35. The molecule has 28 heavy (non-hydrogen) atoms. The van der Waals surface area contributed by atoms with Crippen molar-refractivity contribution in [3.8, 4) is 34.5 Å². The van der Waals surface area contributed by atoms with Gasteiger partial charge in [0.2, 0.25) is 0 Å². The van der Waals surface area contributed by atoms with E-state index in [4.69, 9.17) is 28.4 Å². The van der Waals surface area contributed by atoms with Crippen molar-refractivity contribution in [2.24, 2.45) is 0 Å². The van der Waals surface area contributed by atoms with Crippen LogP contribution in [0.15, 0.2) is 30.3 Å². The predicted molar refractivity (Wildman–Crippen MR) is 106 cm³/mol. The third-order valence-electron chi connectivity index (χ3n) is 4.11. The van der Waals surface area contributed by atoms with Gasteiger partial charge in [0.15, 0.2) is 17.3 Å². The Morgan fingerprint density at radius 1 is 0.643 bits per heavy atom. The van der Waals surface area contributed by atoms with E-state index in [0.717, 1.165) is 0 Å². The maximum atomic E-state index is 12.9. The van der Waals surface area contributed by atoms with Gasteiger partial charge in [0, 0.05) is 23.8 Å². The number of methoxy groups -OCH3 is 6. The zero-order valence-electron chi connectivity index (χ0n) is 16.8. The Bertz CT molecular complexity index is 846. The van der Waals surface area contributed by atoms with Crippen LogP contribution in [0.2, 0.25) is 0 Å². The average molecular weight is 388 g/mol. The van der Waals surface area contributed by atoms with Crippen LogP contribution in [-0.4, -0.2) is 48.4 Å². The standard InChI is InChI=1S/C21H24O7/c1-23-14-10-19(27-5)21(20(11-14)28-6)15(22)8-7-13-9-17(25-3)18(26-4)12-16(13)24-2/h7-12H,1-6H3. The minimum absolute atomic E-state index is 0.293. The molecule has 2 rings (SSSR count). The number of allylic oxidation sites excluding steroid dienone is 1. The molecular weight excluding hydrogens is 364 g/mol. The molecule has 7 nitrogen and oxygen atoms in total. The van der Waals surface area contributed by atoms with Crippen LogP contribution in [0.5, 0.6) is 34.5 Å². The highest BCUT2D eigenvalue weighted by molar-refractivity contribution is 6.10. The molecule has 2 aromatic carbocycles. The molecule has 0 saturated carbocycles. The second-order valence-electron chi connectivity index (χ2n) is 5.55. The zero-order valence-corrected chi connectivity index (χ0v) is 16.8. The molecule has 150 valence electrons. The van der Waals surface area contributed by atoms with E-state index < -0.39 is 0 Å². The Morgan fingerprint density at radius 3 is 1.61 bits per heavy atom. The van der Waals surface area contributed by atoms with Crippen LogP contribution in [0.1, 0.15) is 15.9 Å². The molecule has 2 aromatic rings. The van der Waals surface area contributed by atoms with Crippen molar-refractivity contribution < 1.29 is 33.2 Å². The summed E-state index contributed by atoms with van der Waals surface area (Å²) in [6, 6.07) is 6.67. The van der Waals surface area contributed by atoms with Gasteiger partial charge in [-0.15, -0.1) is 0 Å². The Hall–Kier alpha value is -3.35. The van der Waals surface area contributed by atoms with Crippen molar-refractivity contribution >= 4 is 11.9 Å². The van der Waals surface area contributed by atoms with E-state index >= 15 is 0 Å². The summed E-state index contributed by atoms with van der Waals surface area (Å²) >= 11 is 0. The Kier molecular flexibility index (Phi) is 7.14. The van der Waals surface area contributed by atoms with Crippen molar-refractivity contribution in [3.63, 3.8) is 0 Å². The van der Waals surface area contributed by atoms with E-state index in [2.05, 4.69) is 0 Å². The molecule has 0 aliphatic carbocycles. The second kappa shape index (κ2) is 9.55. The van der Waals surface area contributed by atoms with Gasteiger partial charge >= 0.3 is 0 Å². The van der Waals surface area contributed by atoms with Crippen LogP contribution in [0, 0.1) is 0 Å². The van der Waals surface area contributed by atoms with Crippen LogP contribution in [0.25, 0.3) is 6.08 Å². The van der Waals surface area contributed by atoms with E-state index in [1.54, 1.807) is 37.5 Å². The molecule has 0 atom stereocenters. The van der Waals surface area contributed by atoms with E-state index in [1.807, 2.05) is 0 Å². The largest absolute Gasteiger partial charge is 0.496 e. The van der Waals surface area contributed by atoms with E-state index in [9.17, 15) is 4.79 Å². The minimum Gasteiger partial charge on any atom is -0.496 e. The van der Waals surface area contributed by atoms with Gasteiger partial charge in [-0.2, -0.15) is 0 Å². The molecule has 0 N–H and O–H groups in total. The highest BCUT2D eigenvalue weighted by Gasteiger charge is 2.19. The van der Waals surface area contributed by atoms with Crippen LogP contribution < -0.4 is 28.4 Å². The number of rotatable bonds is 9. The lowest BCUT2D eigenvalue weighted by Gasteiger charge is -2.13. The van der Waals surface area contributed by atoms with Gasteiger partial charge in [-0.1, -0.05) is 0 Å². The maximum Gasteiger partial charge on any atom is 0.193 e. The summed E-state index contributed by atoms with van der Waals surface area (Å²) in [7, 11) is 9.10. The Balaban J connectivity index is 2.47. The van der Waals surface area contributed by atoms with E-state index in [1.165, 1.54) is 41.6 Å². The number of carbonyl (C=O) groups is 1. The molecule has 0 fully saturated rings. The maximum absolute atomic E-state index is 12.9. The van der Waals surface area contributed by atoms with Crippen molar-refractivity contribution in [1.29, 1.82) is 0 Å². The number of ether oxygens (including phenoxy) is 6. The van der Waals surface area contributed by atoms with Crippen LogP contribution in [0.4, 0.5) is 0 Å². The van der Waals surface area contributed by atoms with Gasteiger partial charge in [-0.3, -0.25) is 4.79 Å². The van der Waals surface area contributed by atoms with Crippen LogP contribution in [0.3, 0.4) is 0 Å². The number of hydrogen-bond acceptors (Lipinski definition) is 7. The zero-order chi connectivity index (χ0) is 20.7. The number of hydrogen-bond donors (Lipinski definition) is 0. The molecule has 0 radical (unpaired) electrons. The van der Waals surface area contributed by atoms with Crippen molar-refractivity contribution in [2.45, 2.75) is 0 Å². The first kappa shape index (κ1) is 21.0. The highest BCUT2D eigenvalue weighted by atomic mass is 16.5. The molecule has 0 spiro atoms. The van der Waals surface area contributed by atoms with Crippen molar-refractivity contribution in [1.82, 2.24) is 0 Å². The number of benzene rings is 2. The molecule has 7 heteroatoms. The van der Waals surface area contributed by atoms with Crippen molar-refractivity contribution in [3.05, 3.63) is 41.5 Å². The number of carbonyl (C=O) groups excluding carboxylic acids is 1. The molecule has 0 unspecified atom stereocenters. The summed E-state index contributed by atoms with van der Waals surface area (Å²) in [5.74, 6) is 2.52. The molecule has 0 aliphatic heterocycles. The molecule has 0 aliphatic rings. The first-order valence-corrected chi connectivity index (χ1v) is 8.35. The summed E-state index contributed by atoms with van der Waals surface area (Å²) < 4.78 is 31.9. The monoisotopic (exact) mass is 388 g/mol. The Morgan fingerprint density at radius 2 is 1.14 bits per heavy atom. The predicted octanol–water partition coefficient (Wildman–Crippen LogP) is 3.63. The molecular formula is C21H24O7. The van der Waals surface area contributed by atoms with Crippen LogP contribution >= 0.6 is 0 Å². The summed E-state index contributed by atoms with van der Waals surface area (Å²) in [6.45, 7) is 0. The molecule has 0 aromatic heterocycles. The van der Waals surface area contributed by atoms with Gasteiger partial charge in [0.05, 0.1) is 42.7 Å². The fourth-order valence-electron chi connectivity index (χ4n) is 2.68. The SMILES string of the molecule is COc1cc(OC)c(C(=O)C=Cc2cc(OC)c(OC)cc2OC)c(OC)c1. The molecule has 0 saturated heterocycles.